The monoisotopic (exact) mass is 391 g/mol. The average molecular weight is 391 g/mol. The number of aliphatic imine (C=N–C) groups is 1. The fraction of sp³-hybridized carbons (Fsp3) is 0.348. The van der Waals surface area contributed by atoms with Gasteiger partial charge in [-0.3, -0.25) is 4.99 Å². The quantitative estimate of drug-likeness (QED) is 0.562. The fourth-order valence-electron chi connectivity index (χ4n) is 4.66. The molecule has 2 aromatic carbocycles. The first-order valence-electron chi connectivity index (χ1n) is 10.1. The van der Waals surface area contributed by atoms with Crippen LogP contribution in [0.4, 0.5) is 10.1 Å². The van der Waals surface area contributed by atoms with Crippen molar-refractivity contribution in [3.05, 3.63) is 47.5 Å². The molecule has 0 N–H and O–H groups in total. The summed E-state index contributed by atoms with van der Waals surface area (Å²) in [4.78, 5) is 21.1. The number of imidazole rings is 1. The van der Waals surface area contributed by atoms with Gasteiger partial charge in [0.25, 0.3) is 0 Å². The third-order valence-corrected chi connectivity index (χ3v) is 6.11. The molecule has 1 fully saturated rings. The van der Waals surface area contributed by atoms with Crippen LogP contribution in [0.25, 0.3) is 22.2 Å². The molecule has 0 amide bonds. The Labute approximate surface area is 168 Å². The van der Waals surface area contributed by atoms with E-state index in [9.17, 15) is 9.18 Å². The van der Waals surface area contributed by atoms with Crippen molar-refractivity contribution < 1.29 is 13.9 Å². The van der Waals surface area contributed by atoms with Crippen LogP contribution in [0.15, 0.2) is 35.6 Å². The summed E-state index contributed by atoms with van der Waals surface area (Å²) in [6.45, 7) is 0. The number of hydrogen-bond acceptors (Lipinski definition) is 4. The molecule has 0 atom stereocenters. The highest BCUT2D eigenvalue weighted by molar-refractivity contribution is 6.00. The second kappa shape index (κ2) is 7.10. The Balaban J connectivity index is 1.60. The van der Waals surface area contributed by atoms with Crippen LogP contribution < -0.4 is 0 Å². The smallest absolute Gasteiger partial charge is 0.341 e. The minimum absolute atomic E-state index is 0.0218. The van der Waals surface area contributed by atoms with Crippen LogP contribution in [0.5, 0.6) is 0 Å². The molecule has 5 rings (SSSR count). The fourth-order valence-corrected chi connectivity index (χ4v) is 4.66. The summed E-state index contributed by atoms with van der Waals surface area (Å²) >= 11 is 0. The Kier molecular flexibility index (Phi) is 4.42. The van der Waals surface area contributed by atoms with E-state index in [1.165, 1.54) is 45.3 Å². The van der Waals surface area contributed by atoms with Gasteiger partial charge < -0.3 is 9.30 Å². The Morgan fingerprint density at radius 3 is 2.83 bits per heavy atom. The Morgan fingerprint density at radius 1 is 1.21 bits per heavy atom. The van der Waals surface area contributed by atoms with Crippen molar-refractivity contribution in [1.29, 1.82) is 0 Å². The molecule has 5 nitrogen and oxygen atoms in total. The molecule has 148 valence electrons. The Bertz CT molecular complexity index is 1140. The zero-order valence-corrected chi connectivity index (χ0v) is 16.3. The SMILES string of the molecule is COC(=O)c1c(F)cc(-c2ccc3c(c2)ncn3C2CCCCC2)c2c1CC=N2. The summed E-state index contributed by atoms with van der Waals surface area (Å²) in [5, 5.41) is 0. The number of hydrogen-bond donors (Lipinski definition) is 0. The summed E-state index contributed by atoms with van der Waals surface area (Å²) < 4.78 is 21.9. The molecule has 1 aromatic heterocycles. The van der Waals surface area contributed by atoms with Crippen molar-refractivity contribution in [2.45, 2.75) is 44.6 Å². The Morgan fingerprint density at radius 2 is 2.03 bits per heavy atom. The first kappa shape index (κ1) is 18.0. The van der Waals surface area contributed by atoms with E-state index in [1.807, 2.05) is 18.5 Å². The van der Waals surface area contributed by atoms with Crippen molar-refractivity contribution in [1.82, 2.24) is 9.55 Å². The molecular formula is C23H22FN3O2. The lowest BCUT2D eigenvalue weighted by Crippen LogP contribution is -2.11. The highest BCUT2D eigenvalue weighted by Crippen LogP contribution is 2.41. The zero-order valence-electron chi connectivity index (χ0n) is 16.3. The van der Waals surface area contributed by atoms with Gasteiger partial charge >= 0.3 is 5.97 Å². The van der Waals surface area contributed by atoms with Crippen LogP contribution >= 0.6 is 0 Å². The lowest BCUT2D eigenvalue weighted by atomic mass is 9.94. The van der Waals surface area contributed by atoms with E-state index >= 15 is 0 Å². The number of carbonyl (C=O) groups excluding carboxylic acids is 1. The van der Waals surface area contributed by atoms with Crippen LogP contribution in [0.3, 0.4) is 0 Å². The van der Waals surface area contributed by atoms with E-state index in [1.54, 1.807) is 6.21 Å². The van der Waals surface area contributed by atoms with E-state index in [2.05, 4.69) is 20.6 Å². The standard InChI is InChI=1S/C23H22FN3O2/c1-29-23(28)21-16-9-10-25-22(16)17(12-18(21)24)14-7-8-20-19(11-14)26-13-27(20)15-5-3-2-4-6-15/h7-8,10-13,15H,2-6,9H2,1H3. The predicted octanol–water partition coefficient (Wildman–Crippen LogP) is 5.39. The number of fused-ring (bicyclic) bond motifs is 2. The van der Waals surface area contributed by atoms with E-state index in [0.29, 0.717) is 29.3 Å². The first-order valence-corrected chi connectivity index (χ1v) is 10.1. The zero-order chi connectivity index (χ0) is 20.0. The van der Waals surface area contributed by atoms with Gasteiger partial charge in [0, 0.05) is 29.8 Å². The lowest BCUT2D eigenvalue weighted by molar-refractivity contribution is 0.0594. The van der Waals surface area contributed by atoms with Gasteiger partial charge in [-0.15, -0.1) is 0 Å². The van der Waals surface area contributed by atoms with Crippen LogP contribution in [-0.4, -0.2) is 28.8 Å². The van der Waals surface area contributed by atoms with E-state index in [4.69, 9.17) is 4.74 Å². The summed E-state index contributed by atoms with van der Waals surface area (Å²) in [5.74, 6) is -1.25. The van der Waals surface area contributed by atoms with Crippen molar-refractivity contribution in [3.63, 3.8) is 0 Å². The minimum Gasteiger partial charge on any atom is -0.465 e. The predicted molar refractivity (Wildman–Crippen MR) is 110 cm³/mol. The molecule has 0 unspecified atom stereocenters. The van der Waals surface area contributed by atoms with Crippen LogP contribution in [-0.2, 0) is 11.2 Å². The number of nitrogens with zero attached hydrogens (tertiary/aromatic N) is 3. The molecule has 2 aliphatic rings. The number of methoxy groups -OCH3 is 1. The Hall–Kier alpha value is -3.02. The number of aromatic nitrogens is 2. The van der Waals surface area contributed by atoms with Gasteiger partial charge in [-0.2, -0.15) is 0 Å². The molecule has 29 heavy (non-hydrogen) atoms. The topological polar surface area (TPSA) is 56.5 Å². The number of benzene rings is 2. The van der Waals surface area contributed by atoms with Gasteiger partial charge in [0.1, 0.15) is 11.4 Å². The van der Waals surface area contributed by atoms with Crippen molar-refractivity contribution >= 4 is 28.9 Å². The molecule has 0 radical (unpaired) electrons. The molecule has 3 aromatic rings. The van der Waals surface area contributed by atoms with Crippen LogP contribution in [0.1, 0.15) is 54.1 Å². The molecule has 0 spiro atoms. The molecule has 1 aliphatic heterocycles. The van der Waals surface area contributed by atoms with Crippen molar-refractivity contribution in [2.24, 2.45) is 4.99 Å². The summed E-state index contributed by atoms with van der Waals surface area (Å²) in [5.41, 5.74) is 4.71. The molecule has 6 heteroatoms. The van der Waals surface area contributed by atoms with Gasteiger partial charge in [0.2, 0.25) is 0 Å². The number of esters is 1. The maximum Gasteiger partial charge on any atom is 0.341 e. The van der Waals surface area contributed by atoms with Gasteiger partial charge in [0.05, 0.1) is 30.2 Å². The highest BCUT2D eigenvalue weighted by Gasteiger charge is 2.26. The summed E-state index contributed by atoms with van der Waals surface area (Å²) in [6.07, 6.45) is 10.3. The third kappa shape index (κ3) is 2.94. The van der Waals surface area contributed by atoms with E-state index < -0.39 is 11.8 Å². The average Bonchev–Trinajstić information content (AvgIpc) is 3.40. The largest absolute Gasteiger partial charge is 0.465 e. The van der Waals surface area contributed by atoms with Gasteiger partial charge in [0.15, 0.2) is 0 Å². The molecule has 1 aliphatic carbocycles. The van der Waals surface area contributed by atoms with Gasteiger partial charge in [-0.1, -0.05) is 25.3 Å². The lowest BCUT2D eigenvalue weighted by Gasteiger charge is -2.23. The van der Waals surface area contributed by atoms with Gasteiger partial charge in [-0.05, 0) is 36.6 Å². The number of halogens is 1. The summed E-state index contributed by atoms with van der Waals surface area (Å²) in [6, 6.07) is 7.92. The van der Waals surface area contributed by atoms with E-state index in [0.717, 1.165) is 16.6 Å². The molecule has 1 saturated carbocycles. The number of carbonyl (C=O) groups is 1. The molecule has 0 saturated heterocycles. The molecular weight excluding hydrogens is 369 g/mol. The summed E-state index contributed by atoms with van der Waals surface area (Å²) in [7, 11) is 1.26. The maximum atomic E-state index is 14.8. The second-order valence-electron chi connectivity index (χ2n) is 7.76. The van der Waals surface area contributed by atoms with Gasteiger partial charge in [-0.25, -0.2) is 14.2 Å². The first-order chi connectivity index (χ1) is 14.2. The van der Waals surface area contributed by atoms with E-state index in [-0.39, 0.29) is 5.56 Å². The number of ether oxygens (including phenoxy) is 1. The molecule has 2 heterocycles. The third-order valence-electron chi connectivity index (χ3n) is 6.11. The normalized spacial score (nSPS) is 16.3. The van der Waals surface area contributed by atoms with Crippen molar-refractivity contribution in [3.8, 4) is 11.1 Å². The van der Waals surface area contributed by atoms with Crippen LogP contribution in [0.2, 0.25) is 0 Å². The molecule has 0 bridgehead atoms. The minimum atomic E-state index is -0.669. The van der Waals surface area contributed by atoms with Crippen molar-refractivity contribution in [2.75, 3.05) is 7.11 Å². The second-order valence-corrected chi connectivity index (χ2v) is 7.76. The highest BCUT2D eigenvalue weighted by atomic mass is 19.1. The maximum absolute atomic E-state index is 14.8. The van der Waals surface area contributed by atoms with Crippen LogP contribution in [0, 0.1) is 5.82 Å². The number of rotatable bonds is 3.